The zero-order valence-corrected chi connectivity index (χ0v) is 13.8. The van der Waals surface area contributed by atoms with Crippen LogP contribution in [0, 0.1) is 0 Å². The standard InChI is InChI=1S/C13H24N2O5S/c1-5-18-12(19-6-2)10-14-9-11-7-8-13(20-11)21(16,17)15(3)4/h7-8,12,14H,5-6,9-10H2,1-4H3. The molecular formula is C13H24N2O5S. The van der Waals surface area contributed by atoms with Crippen LogP contribution in [-0.4, -0.2) is 52.9 Å². The molecule has 0 aliphatic carbocycles. The Morgan fingerprint density at radius 3 is 2.38 bits per heavy atom. The van der Waals surface area contributed by atoms with Crippen molar-refractivity contribution in [1.82, 2.24) is 9.62 Å². The number of nitrogens with zero attached hydrogens (tertiary/aromatic N) is 1. The third-order valence-electron chi connectivity index (χ3n) is 2.69. The predicted octanol–water partition coefficient (Wildman–Crippen LogP) is 1.02. The highest BCUT2D eigenvalue weighted by Gasteiger charge is 2.21. The number of sulfonamides is 1. The monoisotopic (exact) mass is 320 g/mol. The zero-order valence-electron chi connectivity index (χ0n) is 13.0. The molecule has 0 aliphatic rings. The molecule has 0 fully saturated rings. The molecule has 0 aromatic carbocycles. The number of ether oxygens (including phenoxy) is 2. The lowest BCUT2D eigenvalue weighted by molar-refractivity contribution is -0.133. The van der Waals surface area contributed by atoms with Crippen molar-refractivity contribution < 1.29 is 22.3 Å². The van der Waals surface area contributed by atoms with E-state index in [2.05, 4.69) is 5.32 Å². The first kappa shape index (κ1) is 18.1. The van der Waals surface area contributed by atoms with E-state index in [4.69, 9.17) is 13.9 Å². The zero-order chi connectivity index (χ0) is 15.9. The summed E-state index contributed by atoms with van der Waals surface area (Å²) >= 11 is 0. The van der Waals surface area contributed by atoms with Crippen molar-refractivity contribution >= 4 is 10.0 Å². The number of hydrogen-bond acceptors (Lipinski definition) is 6. The Labute approximate surface area is 126 Å². The highest BCUT2D eigenvalue weighted by molar-refractivity contribution is 7.88. The maximum absolute atomic E-state index is 11.9. The minimum atomic E-state index is -3.53. The van der Waals surface area contributed by atoms with Gasteiger partial charge in [-0.25, -0.2) is 12.7 Å². The summed E-state index contributed by atoms with van der Waals surface area (Å²) in [5, 5.41) is 3.05. The highest BCUT2D eigenvalue weighted by atomic mass is 32.2. The SMILES string of the molecule is CCOC(CNCc1ccc(S(=O)(=O)N(C)C)o1)OCC. The van der Waals surface area contributed by atoms with Crippen molar-refractivity contribution in [3.05, 3.63) is 17.9 Å². The summed E-state index contributed by atoms with van der Waals surface area (Å²) in [6.45, 7) is 5.84. The van der Waals surface area contributed by atoms with Crippen LogP contribution >= 0.6 is 0 Å². The Balaban J connectivity index is 2.52. The van der Waals surface area contributed by atoms with E-state index in [1.165, 1.54) is 20.2 Å². The molecular weight excluding hydrogens is 296 g/mol. The van der Waals surface area contributed by atoms with E-state index >= 15 is 0 Å². The molecule has 1 rings (SSSR count). The average molecular weight is 320 g/mol. The normalized spacial score (nSPS) is 12.5. The molecule has 0 aliphatic heterocycles. The fourth-order valence-corrected chi connectivity index (χ4v) is 2.44. The van der Waals surface area contributed by atoms with E-state index in [1.807, 2.05) is 13.8 Å². The second-order valence-corrected chi connectivity index (χ2v) is 6.56. The fraction of sp³-hybridized carbons (Fsp3) is 0.692. The molecule has 8 heteroatoms. The van der Waals surface area contributed by atoms with Gasteiger partial charge in [0.1, 0.15) is 5.76 Å². The van der Waals surface area contributed by atoms with Crippen LogP contribution in [0.1, 0.15) is 19.6 Å². The quantitative estimate of drug-likeness (QED) is 0.648. The first-order valence-electron chi connectivity index (χ1n) is 6.87. The topological polar surface area (TPSA) is 81.0 Å². The van der Waals surface area contributed by atoms with Crippen molar-refractivity contribution in [3.63, 3.8) is 0 Å². The van der Waals surface area contributed by atoms with Gasteiger partial charge in [-0.2, -0.15) is 0 Å². The number of hydrogen-bond donors (Lipinski definition) is 1. The molecule has 122 valence electrons. The molecule has 21 heavy (non-hydrogen) atoms. The lowest BCUT2D eigenvalue weighted by atomic mass is 10.4. The van der Waals surface area contributed by atoms with Crippen molar-refractivity contribution in [2.75, 3.05) is 33.9 Å². The van der Waals surface area contributed by atoms with Crippen LogP contribution in [0.25, 0.3) is 0 Å². The lowest BCUT2D eigenvalue weighted by Gasteiger charge is -2.16. The first-order valence-corrected chi connectivity index (χ1v) is 8.31. The smallest absolute Gasteiger partial charge is 0.275 e. The Morgan fingerprint density at radius 2 is 1.86 bits per heavy atom. The lowest BCUT2D eigenvalue weighted by Crippen LogP contribution is -2.31. The van der Waals surface area contributed by atoms with E-state index in [1.54, 1.807) is 6.07 Å². The van der Waals surface area contributed by atoms with Gasteiger partial charge in [0.25, 0.3) is 10.0 Å². The summed E-state index contributed by atoms with van der Waals surface area (Å²) in [6.07, 6.45) is -0.319. The molecule has 1 aromatic heterocycles. The van der Waals surface area contributed by atoms with Crippen molar-refractivity contribution in [1.29, 1.82) is 0 Å². The van der Waals surface area contributed by atoms with E-state index in [9.17, 15) is 8.42 Å². The van der Waals surface area contributed by atoms with Crippen LogP contribution in [0.5, 0.6) is 0 Å². The van der Waals surface area contributed by atoms with E-state index in [-0.39, 0.29) is 11.4 Å². The van der Waals surface area contributed by atoms with Gasteiger partial charge in [0.05, 0.1) is 6.54 Å². The molecule has 7 nitrogen and oxygen atoms in total. The van der Waals surface area contributed by atoms with Crippen LogP contribution in [0.3, 0.4) is 0 Å². The van der Waals surface area contributed by atoms with Gasteiger partial charge in [0.15, 0.2) is 6.29 Å². The van der Waals surface area contributed by atoms with Crippen molar-refractivity contribution in [3.8, 4) is 0 Å². The minimum absolute atomic E-state index is 0.0598. The van der Waals surface area contributed by atoms with E-state index in [0.717, 1.165) is 4.31 Å². The summed E-state index contributed by atoms with van der Waals surface area (Å²) in [6, 6.07) is 3.09. The Kier molecular flexibility index (Phi) is 7.33. The van der Waals surface area contributed by atoms with Crippen molar-refractivity contribution in [2.24, 2.45) is 0 Å². The Hall–Kier alpha value is -0.930. The molecule has 0 radical (unpaired) electrons. The summed E-state index contributed by atoms with van der Waals surface area (Å²) in [7, 11) is -0.599. The van der Waals surface area contributed by atoms with E-state index < -0.39 is 10.0 Å². The van der Waals surface area contributed by atoms with Gasteiger partial charge in [0.2, 0.25) is 5.09 Å². The highest BCUT2D eigenvalue weighted by Crippen LogP contribution is 2.16. The molecule has 0 unspecified atom stereocenters. The van der Waals surface area contributed by atoms with Gasteiger partial charge in [-0.15, -0.1) is 0 Å². The van der Waals surface area contributed by atoms with E-state index in [0.29, 0.717) is 32.1 Å². The Morgan fingerprint density at radius 1 is 1.24 bits per heavy atom. The average Bonchev–Trinajstić information content (AvgIpc) is 2.88. The third-order valence-corrected chi connectivity index (χ3v) is 4.38. The maximum Gasteiger partial charge on any atom is 0.275 e. The summed E-state index contributed by atoms with van der Waals surface area (Å²) in [4.78, 5) is 0. The number of nitrogens with one attached hydrogen (secondary N) is 1. The molecule has 0 atom stereocenters. The third kappa shape index (κ3) is 5.40. The Bertz CT molecular complexity index is 506. The first-order chi connectivity index (χ1) is 9.91. The molecule has 0 saturated heterocycles. The minimum Gasteiger partial charge on any atom is -0.447 e. The molecule has 0 saturated carbocycles. The van der Waals surface area contributed by atoms with Gasteiger partial charge in [0, 0.05) is 33.9 Å². The summed E-state index contributed by atoms with van der Waals surface area (Å²) in [5.74, 6) is 0.544. The van der Waals surface area contributed by atoms with Crippen LogP contribution < -0.4 is 5.32 Å². The molecule has 0 bridgehead atoms. The fourth-order valence-electron chi connectivity index (χ4n) is 1.62. The maximum atomic E-state index is 11.9. The van der Waals surface area contributed by atoms with Gasteiger partial charge < -0.3 is 19.2 Å². The molecule has 1 heterocycles. The largest absolute Gasteiger partial charge is 0.447 e. The van der Waals surface area contributed by atoms with Crippen molar-refractivity contribution in [2.45, 2.75) is 31.8 Å². The number of furan rings is 1. The van der Waals surface area contributed by atoms with Crippen LogP contribution in [0.2, 0.25) is 0 Å². The van der Waals surface area contributed by atoms with Crippen LogP contribution in [0.15, 0.2) is 21.6 Å². The van der Waals surface area contributed by atoms with Crippen LogP contribution in [-0.2, 0) is 26.0 Å². The summed E-state index contributed by atoms with van der Waals surface area (Å²) < 4.78 is 41.0. The molecule has 0 amide bonds. The van der Waals surface area contributed by atoms with Gasteiger partial charge in [-0.3, -0.25) is 0 Å². The van der Waals surface area contributed by atoms with Gasteiger partial charge in [-0.1, -0.05) is 0 Å². The second-order valence-electron chi connectivity index (χ2n) is 4.48. The van der Waals surface area contributed by atoms with Gasteiger partial charge >= 0.3 is 0 Å². The predicted molar refractivity (Wildman–Crippen MR) is 78.3 cm³/mol. The second kappa shape index (κ2) is 8.50. The number of rotatable bonds is 10. The molecule has 1 N–H and O–H groups in total. The van der Waals surface area contributed by atoms with Gasteiger partial charge in [-0.05, 0) is 26.0 Å². The van der Waals surface area contributed by atoms with Crippen LogP contribution in [0.4, 0.5) is 0 Å². The molecule has 0 spiro atoms. The summed E-state index contributed by atoms with van der Waals surface area (Å²) in [5.41, 5.74) is 0. The molecule has 1 aromatic rings.